The standard InChI is InChI=1S/C20H25N3O5S/c1-15-13-22(8-9-28-15)14-17-5-3-4-16(10-17)12-21-19-7-6-18(29(2,26)27)11-20(19)23(24)25/h3-7,10-11,15,21H,8-9,12-14H2,1-2H3. The van der Waals surface area contributed by atoms with Crippen LogP contribution >= 0.6 is 0 Å². The molecule has 0 spiro atoms. The summed E-state index contributed by atoms with van der Waals surface area (Å²) in [5.74, 6) is 0. The van der Waals surface area contributed by atoms with Crippen LogP contribution in [-0.2, 0) is 27.7 Å². The van der Waals surface area contributed by atoms with E-state index in [4.69, 9.17) is 4.74 Å². The van der Waals surface area contributed by atoms with Crippen LogP contribution in [0.25, 0.3) is 0 Å². The zero-order chi connectivity index (χ0) is 21.0. The maximum atomic E-state index is 11.7. The van der Waals surface area contributed by atoms with Crippen molar-refractivity contribution < 1.29 is 18.1 Å². The fraction of sp³-hybridized carbons (Fsp3) is 0.400. The molecule has 1 saturated heterocycles. The van der Waals surface area contributed by atoms with Crippen molar-refractivity contribution in [2.24, 2.45) is 0 Å². The van der Waals surface area contributed by atoms with E-state index in [1.807, 2.05) is 12.1 Å². The highest BCUT2D eigenvalue weighted by Gasteiger charge is 2.19. The van der Waals surface area contributed by atoms with Crippen molar-refractivity contribution >= 4 is 21.2 Å². The van der Waals surface area contributed by atoms with E-state index in [-0.39, 0.29) is 22.4 Å². The van der Waals surface area contributed by atoms with Gasteiger partial charge in [-0.15, -0.1) is 0 Å². The largest absolute Gasteiger partial charge is 0.376 e. The summed E-state index contributed by atoms with van der Waals surface area (Å²) in [4.78, 5) is 13.1. The number of morpholine rings is 1. The first-order valence-electron chi connectivity index (χ1n) is 9.36. The number of nitrogens with one attached hydrogen (secondary N) is 1. The Bertz CT molecular complexity index is 993. The highest BCUT2D eigenvalue weighted by Crippen LogP contribution is 2.28. The minimum atomic E-state index is -3.51. The third-order valence-corrected chi connectivity index (χ3v) is 5.91. The summed E-state index contributed by atoms with van der Waals surface area (Å²) in [5, 5.41) is 14.4. The molecule has 1 N–H and O–H groups in total. The molecule has 1 heterocycles. The van der Waals surface area contributed by atoms with E-state index in [2.05, 4.69) is 29.3 Å². The normalized spacial score (nSPS) is 17.8. The van der Waals surface area contributed by atoms with Gasteiger partial charge in [-0.3, -0.25) is 15.0 Å². The Morgan fingerprint density at radius 1 is 1.24 bits per heavy atom. The minimum absolute atomic E-state index is 0.0727. The number of sulfone groups is 1. The number of nitro benzene ring substituents is 1. The quantitative estimate of drug-likeness (QED) is 0.544. The molecule has 0 aliphatic carbocycles. The summed E-state index contributed by atoms with van der Waals surface area (Å²) in [7, 11) is -3.51. The topological polar surface area (TPSA) is 102 Å². The van der Waals surface area contributed by atoms with Gasteiger partial charge in [-0.05, 0) is 30.2 Å². The molecule has 0 aromatic heterocycles. The van der Waals surface area contributed by atoms with Gasteiger partial charge in [0.25, 0.3) is 5.69 Å². The van der Waals surface area contributed by atoms with Crippen LogP contribution in [-0.4, -0.2) is 50.3 Å². The van der Waals surface area contributed by atoms with Gasteiger partial charge in [0.2, 0.25) is 0 Å². The lowest BCUT2D eigenvalue weighted by Crippen LogP contribution is -2.40. The fourth-order valence-corrected chi connectivity index (χ4v) is 4.01. The van der Waals surface area contributed by atoms with E-state index in [1.165, 1.54) is 17.7 Å². The van der Waals surface area contributed by atoms with Crippen molar-refractivity contribution in [2.75, 3.05) is 31.3 Å². The van der Waals surface area contributed by atoms with Gasteiger partial charge in [-0.25, -0.2) is 8.42 Å². The number of rotatable bonds is 7. The summed E-state index contributed by atoms with van der Waals surface area (Å²) in [5.41, 5.74) is 2.19. The lowest BCUT2D eigenvalue weighted by Gasteiger charge is -2.31. The van der Waals surface area contributed by atoms with Gasteiger partial charge in [0, 0.05) is 38.5 Å². The molecule has 0 bridgehead atoms. The summed E-state index contributed by atoms with van der Waals surface area (Å²) in [6.07, 6.45) is 1.25. The van der Waals surface area contributed by atoms with Gasteiger partial charge in [-0.2, -0.15) is 0 Å². The first-order chi connectivity index (χ1) is 13.7. The van der Waals surface area contributed by atoms with Crippen molar-refractivity contribution in [1.29, 1.82) is 0 Å². The van der Waals surface area contributed by atoms with E-state index in [0.29, 0.717) is 6.54 Å². The summed E-state index contributed by atoms with van der Waals surface area (Å²) < 4.78 is 28.9. The molecule has 0 radical (unpaired) electrons. The van der Waals surface area contributed by atoms with Gasteiger partial charge >= 0.3 is 0 Å². The summed E-state index contributed by atoms with van der Waals surface area (Å²) in [6, 6.07) is 12.0. The number of hydrogen-bond donors (Lipinski definition) is 1. The van der Waals surface area contributed by atoms with Crippen LogP contribution in [0, 0.1) is 10.1 Å². The first-order valence-corrected chi connectivity index (χ1v) is 11.3. The summed E-state index contributed by atoms with van der Waals surface area (Å²) in [6.45, 7) is 5.80. The average Bonchev–Trinajstić information content (AvgIpc) is 2.66. The van der Waals surface area contributed by atoms with Gasteiger partial charge < -0.3 is 10.1 Å². The van der Waals surface area contributed by atoms with Crippen LogP contribution in [0.1, 0.15) is 18.1 Å². The Morgan fingerprint density at radius 3 is 2.69 bits per heavy atom. The Hall–Kier alpha value is -2.49. The van der Waals surface area contributed by atoms with Gasteiger partial charge in [0.15, 0.2) is 9.84 Å². The lowest BCUT2D eigenvalue weighted by atomic mass is 10.1. The predicted molar refractivity (Wildman–Crippen MR) is 111 cm³/mol. The molecule has 2 aromatic carbocycles. The van der Waals surface area contributed by atoms with Crippen LogP contribution in [0.2, 0.25) is 0 Å². The molecule has 1 unspecified atom stereocenters. The molecule has 1 fully saturated rings. The van der Waals surface area contributed by atoms with E-state index >= 15 is 0 Å². The smallest absolute Gasteiger partial charge is 0.293 e. The summed E-state index contributed by atoms with van der Waals surface area (Å²) >= 11 is 0. The molecular weight excluding hydrogens is 394 g/mol. The molecule has 1 aliphatic heterocycles. The molecule has 3 rings (SSSR count). The van der Waals surface area contributed by atoms with E-state index in [9.17, 15) is 18.5 Å². The van der Waals surface area contributed by atoms with E-state index in [1.54, 1.807) is 0 Å². The zero-order valence-corrected chi connectivity index (χ0v) is 17.3. The Morgan fingerprint density at radius 2 is 2.00 bits per heavy atom. The molecule has 1 atom stereocenters. The Labute approximate surface area is 170 Å². The molecule has 1 aliphatic rings. The van der Waals surface area contributed by atoms with Crippen molar-refractivity contribution in [3.63, 3.8) is 0 Å². The Balaban J connectivity index is 1.70. The van der Waals surface area contributed by atoms with Crippen LogP contribution in [0.15, 0.2) is 47.4 Å². The number of anilines is 1. The molecule has 156 valence electrons. The molecule has 0 saturated carbocycles. The van der Waals surface area contributed by atoms with Crippen molar-refractivity contribution in [3.05, 3.63) is 63.7 Å². The minimum Gasteiger partial charge on any atom is -0.376 e. The third-order valence-electron chi connectivity index (χ3n) is 4.80. The second kappa shape index (κ2) is 8.89. The van der Waals surface area contributed by atoms with Crippen molar-refractivity contribution in [2.45, 2.75) is 31.0 Å². The lowest BCUT2D eigenvalue weighted by molar-refractivity contribution is -0.384. The number of hydrogen-bond acceptors (Lipinski definition) is 7. The second-order valence-corrected chi connectivity index (χ2v) is 9.31. The van der Waals surface area contributed by atoms with Crippen molar-refractivity contribution in [3.8, 4) is 0 Å². The van der Waals surface area contributed by atoms with E-state index < -0.39 is 14.8 Å². The molecule has 2 aromatic rings. The molecule has 9 heteroatoms. The van der Waals surface area contributed by atoms with Crippen molar-refractivity contribution in [1.82, 2.24) is 4.90 Å². The third kappa shape index (κ3) is 5.75. The monoisotopic (exact) mass is 419 g/mol. The predicted octanol–water partition coefficient (Wildman–Crippen LogP) is 2.83. The highest BCUT2D eigenvalue weighted by atomic mass is 32.2. The van der Waals surface area contributed by atoms with Gasteiger partial charge in [0.05, 0.1) is 22.5 Å². The molecular formula is C20H25N3O5S. The average molecular weight is 420 g/mol. The number of ether oxygens (including phenoxy) is 1. The van der Waals surface area contributed by atoms with Crippen LogP contribution in [0.4, 0.5) is 11.4 Å². The van der Waals surface area contributed by atoms with Crippen LogP contribution in [0.3, 0.4) is 0 Å². The zero-order valence-electron chi connectivity index (χ0n) is 16.5. The second-order valence-electron chi connectivity index (χ2n) is 7.30. The van der Waals surface area contributed by atoms with Crippen LogP contribution in [0.5, 0.6) is 0 Å². The highest BCUT2D eigenvalue weighted by molar-refractivity contribution is 7.90. The molecule has 0 amide bonds. The van der Waals surface area contributed by atoms with Gasteiger partial charge in [0.1, 0.15) is 5.69 Å². The van der Waals surface area contributed by atoms with Crippen LogP contribution < -0.4 is 5.32 Å². The molecule has 8 nitrogen and oxygen atoms in total. The Kier molecular flexibility index (Phi) is 6.51. The maximum absolute atomic E-state index is 11.7. The maximum Gasteiger partial charge on any atom is 0.293 e. The number of nitro groups is 1. The fourth-order valence-electron chi connectivity index (χ4n) is 3.37. The number of benzene rings is 2. The SMILES string of the molecule is CC1CN(Cc2cccc(CNc3ccc(S(C)(=O)=O)cc3[N+](=O)[O-])c2)CCO1. The number of nitrogens with zero attached hydrogens (tertiary/aromatic N) is 2. The first kappa shape index (κ1) is 21.2. The van der Waals surface area contributed by atoms with E-state index in [0.717, 1.165) is 44.1 Å². The molecule has 29 heavy (non-hydrogen) atoms. The van der Waals surface area contributed by atoms with Gasteiger partial charge in [-0.1, -0.05) is 24.3 Å².